The number of allylic oxidation sites excluding steroid dienone is 1. The number of hydrogen-bond acceptors (Lipinski definition) is 4. The van der Waals surface area contributed by atoms with Gasteiger partial charge in [0, 0.05) is 5.56 Å². The molecule has 0 amide bonds. The SMILES string of the molecule is CCOP(=O)(OCC)O/C(=C(\F)C(F)(F)C(F)(F)F)c1ccccc1. The molecule has 142 valence electrons. The summed E-state index contributed by atoms with van der Waals surface area (Å²) in [4.78, 5) is 0. The number of halogens is 6. The van der Waals surface area contributed by atoms with E-state index in [9.17, 15) is 30.9 Å². The van der Waals surface area contributed by atoms with E-state index >= 15 is 0 Å². The number of benzene rings is 1. The van der Waals surface area contributed by atoms with Gasteiger partial charge in [-0.15, -0.1) is 0 Å². The standard InChI is InChI=1S/C14H15F6O4P/c1-3-22-25(21,23-4-2)24-11(10-8-6-5-7-9-10)12(15)13(16,17)14(18,19)20/h5-9H,3-4H2,1-2H3/b12-11-. The Morgan fingerprint density at radius 1 is 1.00 bits per heavy atom. The summed E-state index contributed by atoms with van der Waals surface area (Å²) in [5.74, 6) is -10.4. The zero-order valence-corrected chi connectivity index (χ0v) is 14.0. The molecule has 0 atom stereocenters. The van der Waals surface area contributed by atoms with Crippen LogP contribution >= 0.6 is 7.82 Å². The van der Waals surface area contributed by atoms with Crippen molar-refractivity contribution in [2.24, 2.45) is 0 Å². The smallest absolute Gasteiger partial charge is 0.400 e. The summed E-state index contributed by atoms with van der Waals surface area (Å²) in [6.07, 6.45) is -6.22. The molecule has 0 aliphatic heterocycles. The van der Waals surface area contributed by atoms with E-state index in [1.165, 1.54) is 32.0 Å². The van der Waals surface area contributed by atoms with Gasteiger partial charge >= 0.3 is 19.9 Å². The normalized spacial score (nSPS) is 14.2. The number of alkyl halides is 5. The van der Waals surface area contributed by atoms with Gasteiger partial charge in [0.25, 0.3) is 0 Å². The molecular weight excluding hydrogens is 377 g/mol. The van der Waals surface area contributed by atoms with Crippen LogP contribution in [0.3, 0.4) is 0 Å². The summed E-state index contributed by atoms with van der Waals surface area (Å²) >= 11 is 0. The fourth-order valence-electron chi connectivity index (χ4n) is 1.59. The van der Waals surface area contributed by atoms with E-state index in [1.54, 1.807) is 0 Å². The molecule has 0 unspecified atom stereocenters. The van der Waals surface area contributed by atoms with Crippen LogP contribution in [0.4, 0.5) is 26.3 Å². The molecule has 0 aromatic heterocycles. The van der Waals surface area contributed by atoms with Crippen molar-refractivity contribution in [3.05, 3.63) is 41.7 Å². The molecule has 0 aliphatic rings. The lowest BCUT2D eigenvalue weighted by Crippen LogP contribution is -2.37. The predicted molar refractivity (Wildman–Crippen MR) is 77.4 cm³/mol. The van der Waals surface area contributed by atoms with Crippen molar-refractivity contribution < 1.29 is 44.5 Å². The Kier molecular flexibility index (Phi) is 7.10. The first-order valence-corrected chi connectivity index (χ1v) is 8.43. The van der Waals surface area contributed by atoms with E-state index in [2.05, 4.69) is 13.6 Å². The molecular formula is C14H15F6O4P. The third kappa shape index (κ3) is 5.23. The second kappa shape index (κ2) is 8.25. The van der Waals surface area contributed by atoms with Crippen LogP contribution in [0.1, 0.15) is 19.4 Å². The summed E-state index contributed by atoms with van der Waals surface area (Å²) in [7, 11) is -4.62. The molecule has 0 saturated carbocycles. The van der Waals surface area contributed by atoms with Gasteiger partial charge < -0.3 is 4.52 Å². The molecule has 0 radical (unpaired) electrons. The topological polar surface area (TPSA) is 44.8 Å². The summed E-state index contributed by atoms with van der Waals surface area (Å²) in [6.45, 7) is 2.14. The zero-order valence-electron chi connectivity index (χ0n) is 13.1. The van der Waals surface area contributed by atoms with Crippen molar-refractivity contribution in [1.29, 1.82) is 0 Å². The van der Waals surface area contributed by atoms with E-state index < -0.39 is 37.1 Å². The highest BCUT2D eigenvalue weighted by atomic mass is 31.2. The molecule has 0 fully saturated rings. The minimum Gasteiger partial charge on any atom is -0.400 e. The average Bonchev–Trinajstić information content (AvgIpc) is 2.52. The van der Waals surface area contributed by atoms with Crippen LogP contribution in [0.5, 0.6) is 0 Å². The van der Waals surface area contributed by atoms with Crippen LogP contribution < -0.4 is 0 Å². The van der Waals surface area contributed by atoms with Gasteiger partial charge in [-0.3, -0.25) is 9.05 Å². The Hall–Kier alpha value is -1.51. The Bertz CT molecular complexity index is 634. The highest BCUT2D eigenvalue weighted by Gasteiger charge is 2.63. The van der Waals surface area contributed by atoms with Gasteiger partial charge in [0.1, 0.15) is 0 Å². The van der Waals surface area contributed by atoms with Gasteiger partial charge in [-0.25, -0.2) is 8.96 Å². The third-order valence-corrected chi connectivity index (χ3v) is 4.20. The minimum atomic E-state index is -6.22. The molecule has 0 N–H and O–H groups in total. The molecule has 1 aromatic carbocycles. The number of phosphoric acid groups is 1. The van der Waals surface area contributed by atoms with Crippen molar-refractivity contribution in [3.8, 4) is 0 Å². The largest absolute Gasteiger partial charge is 0.530 e. The van der Waals surface area contributed by atoms with Gasteiger partial charge in [-0.1, -0.05) is 30.3 Å². The Balaban J connectivity index is 3.51. The van der Waals surface area contributed by atoms with E-state index in [0.29, 0.717) is 0 Å². The first-order chi connectivity index (χ1) is 11.5. The summed E-state index contributed by atoms with van der Waals surface area (Å²) in [5, 5.41) is 0. The van der Waals surface area contributed by atoms with E-state index in [4.69, 9.17) is 0 Å². The maximum Gasteiger partial charge on any atom is 0.530 e. The maximum absolute atomic E-state index is 14.1. The van der Waals surface area contributed by atoms with Gasteiger partial charge in [0.05, 0.1) is 13.2 Å². The van der Waals surface area contributed by atoms with Crippen molar-refractivity contribution in [2.45, 2.75) is 25.9 Å². The monoisotopic (exact) mass is 392 g/mol. The lowest BCUT2D eigenvalue weighted by Gasteiger charge is -2.23. The van der Waals surface area contributed by atoms with E-state index in [1.807, 2.05) is 0 Å². The van der Waals surface area contributed by atoms with E-state index in [0.717, 1.165) is 12.1 Å². The number of hydrogen-bond donors (Lipinski definition) is 0. The van der Waals surface area contributed by atoms with Gasteiger partial charge in [0.15, 0.2) is 5.76 Å². The summed E-state index contributed by atoms with van der Waals surface area (Å²) < 4.78 is 104. The fourth-order valence-corrected chi connectivity index (χ4v) is 2.82. The molecule has 4 nitrogen and oxygen atoms in total. The highest BCUT2D eigenvalue weighted by molar-refractivity contribution is 7.48. The maximum atomic E-state index is 14.1. The van der Waals surface area contributed by atoms with Crippen molar-refractivity contribution >= 4 is 13.6 Å². The molecule has 0 aliphatic carbocycles. The van der Waals surface area contributed by atoms with Crippen molar-refractivity contribution in [2.75, 3.05) is 13.2 Å². The van der Waals surface area contributed by atoms with Gasteiger partial charge in [0.2, 0.25) is 5.83 Å². The predicted octanol–water partition coefficient (Wildman–Crippen LogP) is 5.72. The highest BCUT2D eigenvalue weighted by Crippen LogP contribution is 2.55. The molecule has 0 spiro atoms. The summed E-state index contributed by atoms with van der Waals surface area (Å²) in [5.41, 5.74) is -0.497. The Labute approximate surface area is 140 Å². The number of phosphoric ester groups is 1. The van der Waals surface area contributed by atoms with Crippen LogP contribution in [-0.4, -0.2) is 25.3 Å². The molecule has 0 heterocycles. The molecule has 0 bridgehead atoms. The second-order valence-electron chi connectivity index (χ2n) is 4.46. The van der Waals surface area contributed by atoms with E-state index in [-0.39, 0.29) is 13.2 Å². The van der Waals surface area contributed by atoms with Gasteiger partial charge in [-0.05, 0) is 13.8 Å². The zero-order chi connectivity index (χ0) is 19.3. The molecule has 25 heavy (non-hydrogen) atoms. The van der Waals surface area contributed by atoms with Crippen molar-refractivity contribution in [3.63, 3.8) is 0 Å². The Morgan fingerprint density at radius 3 is 1.88 bits per heavy atom. The lowest BCUT2D eigenvalue weighted by molar-refractivity contribution is -0.270. The molecule has 1 rings (SSSR count). The van der Waals surface area contributed by atoms with Crippen LogP contribution in [-0.2, 0) is 18.1 Å². The first kappa shape index (κ1) is 21.5. The lowest BCUT2D eigenvalue weighted by atomic mass is 10.1. The molecule has 11 heteroatoms. The minimum absolute atomic E-state index is 0.281. The van der Waals surface area contributed by atoms with Crippen molar-refractivity contribution in [1.82, 2.24) is 0 Å². The quantitative estimate of drug-likeness (QED) is 0.323. The van der Waals surface area contributed by atoms with Gasteiger partial charge in [-0.2, -0.15) is 22.0 Å². The first-order valence-electron chi connectivity index (χ1n) is 6.97. The van der Waals surface area contributed by atoms with Crippen LogP contribution in [0.25, 0.3) is 5.76 Å². The number of rotatable bonds is 8. The third-order valence-electron chi connectivity index (χ3n) is 2.64. The van der Waals surface area contributed by atoms with Crippen LogP contribution in [0, 0.1) is 0 Å². The fraction of sp³-hybridized carbons (Fsp3) is 0.429. The molecule has 0 saturated heterocycles. The molecule has 1 aromatic rings. The average molecular weight is 392 g/mol. The second-order valence-corrected chi connectivity index (χ2v) is 6.05. The van der Waals surface area contributed by atoms with Crippen LogP contribution in [0.2, 0.25) is 0 Å². The Morgan fingerprint density at radius 2 is 1.48 bits per heavy atom. The van der Waals surface area contributed by atoms with Crippen LogP contribution in [0.15, 0.2) is 36.2 Å². The summed E-state index contributed by atoms with van der Waals surface area (Å²) in [6, 6.07) is 5.90.